The van der Waals surface area contributed by atoms with Gasteiger partial charge in [0.1, 0.15) is 11.4 Å². The highest BCUT2D eigenvalue weighted by atomic mass is 16.2. The number of nitrogens with zero attached hydrogens (tertiary/aromatic N) is 4. The minimum absolute atomic E-state index is 0.148. The monoisotopic (exact) mass is 422 g/mol. The van der Waals surface area contributed by atoms with E-state index in [0.29, 0.717) is 11.4 Å². The summed E-state index contributed by atoms with van der Waals surface area (Å²) < 4.78 is 1.56. The molecule has 0 fully saturated rings. The Morgan fingerprint density at radius 3 is 1.81 bits per heavy atom. The molecule has 158 valence electrons. The van der Waals surface area contributed by atoms with Crippen LogP contribution >= 0.6 is 0 Å². The second-order valence-corrected chi connectivity index (χ2v) is 7.18. The largest absolute Gasteiger partial charge is 0.274 e. The Balaban J connectivity index is 2.03. The van der Waals surface area contributed by atoms with Crippen molar-refractivity contribution in [2.75, 3.05) is 4.90 Å². The molecule has 0 aliphatic heterocycles. The summed E-state index contributed by atoms with van der Waals surface area (Å²) in [5.74, 6) is -0.717. The molecule has 3 aromatic carbocycles. The zero-order chi connectivity index (χ0) is 22.5. The van der Waals surface area contributed by atoms with E-state index in [0.717, 1.165) is 21.6 Å². The van der Waals surface area contributed by atoms with Crippen molar-refractivity contribution in [3.05, 3.63) is 96.6 Å². The van der Waals surface area contributed by atoms with E-state index < -0.39 is 11.8 Å². The van der Waals surface area contributed by atoms with E-state index >= 15 is 0 Å². The van der Waals surface area contributed by atoms with Crippen LogP contribution in [0.25, 0.3) is 22.5 Å². The first-order chi connectivity index (χ1) is 15.6. The van der Waals surface area contributed by atoms with Gasteiger partial charge in [-0.2, -0.15) is 9.78 Å². The highest BCUT2D eigenvalue weighted by Gasteiger charge is 2.28. The van der Waals surface area contributed by atoms with Gasteiger partial charge in [-0.15, -0.1) is 0 Å². The molecule has 0 bridgehead atoms. The molecule has 0 saturated carbocycles. The molecule has 0 atom stereocenters. The van der Waals surface area contributed by atoms with Crippen LogP contribution in [0, 0.1) is 0 Å². The summed E-state index contributed by atoms with van der Waals surface area (Å²) in [5, 5.41) is 4.67. The smallest absolute Gasteiger partial charge is 0.241 e. The number of hydrogen-bond acceptors (Lipinski definition) is 4. The topological polar surface area (TPSA) is 67.6 Å². The van der Waals surface area contributed by atoms with Crippen LogP contribution in [0.1, 0.15) is 19.4 Å². The molecule has 0 aliphatic rings. The van der Waals surface area contributed by atoms with E-state index in [1.165, 1.54) is 13.8 Å². The van der Waals surface area contributed by atoms with Crippen LogP contribution in [0.2, 0.25) is 0 Å². The molecule has 4 rings (SSSR count). The van der Waals surface area contributed by atoms with Gasteiger partial charge < -0.3 is 0 Å². The lowest BCUT2D eigenvalue weighted by atomic mass is 10.1. The van der Waals surface area contributed by atoms with Gasteiger partial charge >= 0.3 is 0 Å². The third kappa shape index (κ3) is 4.25. The van der Waals surface area contributed by atoms with Crippen molar-refractivity contribution in [3.8, 4) is 22.5 Å². The molecule has 1 aromatic heterocycles. The highest BCUT2D eigenvalue weighted by Crippen LogP contribution is 2.36. The predicted octanol–water partition coefficient (Wildman–Crippen LogP) is 5.00. The number of imide groups is 1. The predicted molar refractivity (Wildman–Crippen MR) is 126 cm³/mol. The molecule has 0 spiro atoms. The normalized spacial score (nSPS) is 10.9. The van der Waals surface area contributed by atoms with Crippen molar-refractivity contribution < 1.29 is 9.59 Å². The first-order valence-electron chi connectivity index (χ1n) is 10.2. The van der Waals surface area contributed by atoms with Gasteiger partial charge in [0, 0.05) is 25.0 Å². The van der Waals surface area contributed by atoms with E-state index in [9.17, 15) is 9.59 Å². The summed E-state index contributed by atoms with van der Waals surface area (Å²) in [7, 11) is 0. The van der Waals surface area contributed by atoms with Crippen molar-refractivity contribution in [2.45, 2.75) is 13.8 Å². The Hall–Kier alpha value is -4.32. The molecule has 0 N–H and O–H groups in total. The van der Waals surface area contributed by atoms with Gasteiger partial charge in [0.2, 0.25) is 17.8 Å². The van der Waals surface area contributed by atoms with E-state index in [4.69, 9.17) is 4.98 Å². The minimum Gasteiger partial charge on any atom is -0.274 e. The first-order valence-corrected chi connectivity index (χ1v) is 10.2. The summed E-state index contributed by atoms with van der Waals surface area (Å²) in [5.41, 5.74) is 3.91. The summed E-state index contributed by atoms with van der Waals surface area (Å²) in [6, 6.07) is 28.9. The molecule has 6 nitrogen and oxygen atoms in total. The Bertz CT molecular complexity index is 1250. The van der Waals surface area contributed by atoms with Gasteiger partial charge in [0.25, 0.3) is 0 Å². The fourth-order valence-corrected chi connectivity index (χ4v) is 3.47. The fraction of sp³-hybridized carbons (Fsp3) is 0.0769. The summed E-state index contributed by atoms with van der Waals surface area (Å²) in [6.07, 6.45) is 1.69. The highest BCUT2D eigenvalue weighted by molar-refractivity contribution is 6.12. The van der Waals surface area contributed by atoms with Gasteiger partial charge in [-0.25, -0.2) is 9.88 Å². The van der Waals surface area contributed by atoms with E-state index in [1.54, 1.807) is 10.9 Å². The summed E-state index contributed by atoms with van der Waals surface area (Å²) in [6.45, 7) is 2.68. The fourth-order valence-electron chi connectivity index (χ4n) is 3.47. The summed E-state index contributed by atoms with van der Waals surface area (Å²) in [4.78, 5) is 30.6. The Kier molecular flexibility index (Phi) is 6.03. The third-order valence-electron chi connectivity index (χ3n) is 4.88. The number of carbonyl (C=O) groups is 2. The van der Waals surface area contributed by atoms with Crippen molar-refractivity contribution in [2.24, 2.45) is 5.10 Å². The molecular formula is C26H22N4O2. The lowest BCUT2D eigenvalue weighted by molar-refractivity contribution is -0.124. The van der Waals surface area contributed by atoms with Gasteiger partial charge in [0.05, 0.1) is 6.21 Å². The van der Waals surface area contributed by atoms with Crippen molar-refractivity contribution in [1.82, 2.24) is 9.66 Å². The molecular weight excluding hydrogens is 400 g/mol. The maximum absolute atomic E-state index is 12.4. The Morgan fingerprint density at radius 2 is 1.28 bits per heavy atom. The van der Waals surface area contributed by atoms with Crippen LogP contribution in [0.5, 0.6) is 0 Å². The number of amides is 2. The van der Waals surface area contributed by atoms with Crippen LogP contribution in [-0.2, 0) is 9.59 Å². The second-order valence-electron chi connectivity index (χ2n) is 7.18. The zero-order valence-corrected chi connectivity index (χ0v) is 17.8. The Labute approximate surface area is 186 Å². The van der Waals surface area contributed by atoms with Gasteiger partial charge in [-0.1, -0.05) is 91.0 Å². The van der Waals surface area contributed by atoms with E-state index in [-0.39, 0.29) is 5.95 Å². The summed E-state index contributed by atoms with van der Waals surface area (Å²) >= 11 is 0. The van der Waals surface area contributed by atoms with Gasteiger partial charge in [0.15, 0.2) is 0 Å². The van der Waals surface area contributed by atoms with Crippen LogP contribution < -0.4 is 4.90 Å². The maximum Gasteiger partial charge on any atom is 0.241 e. The molecule has 1 heterocycles. The number of anilines is 1. The molecule has 2 amide bonds. The lowest BCUT2D eigenvalue weighted by Crippen LogP contribution is -2.35. The standard InChI is InChI=1S/C26H22N4O2/c1-19(31)29(20(2)32)26-28-24(22-14-8-4-9-15-22)25(23-16-10-5-11-17-23)30(26)27-18-21-12-6-3-7-13-21/h3-18H,1-2H3/b27-18-. The average Bonchev–Trinajstić information content (AvgIpc) is 3.18. The molecule has 6 heteroatoms. The lowest BCUT2D eigenvalue weighted by Gasteiger charge is -2.16. The SMILES string of the molecule is CC(=O)N(C(C)=O)c1nc(-c2ccccc2)c(-c2ccccc2)n1/N=C\c1ccccc1. The van der Waals surface area contributed by atoms with Gasteiger partial charge in [-0.05, 0) is 5.56 Å². The molecule has 4 aromatic rings. The number of benzene rings is 3. The molecule has 0 unspecified atom stereocenters. The van der Waals surface area contributed by atoms with Crippen LogP contribution in [-0.4, -0.2) is 27.7 Å². The number of carbonyl (C=O) groups excluding carboxylic acids is 2. The minimum atomic E-state index is -0.433. The first kappa shape index (κ1) is 20.9. The number of hydrogen-bond donors (Lipinski definition) is 0. The molecule has 0 saturated heterocycles. The molecule has 0 aliphatic carbocycles. The quantitative estimate of drug-likeness (QED) is 0.425. The zero-order valence-electron chi connectivity index (χ0n) is 17.8. The van der Waals surface area contributed by atoms with E-state index in [1.807, 2.05) is 91.0 Å². The van der Waals surface area contributed by atoms with Crippen molar-refractivity contribution in [1.29, 1.82) is 0 Å². The number of rotatable bonds is 5. The van der Waals surface area contributed by atoms with Crippen LogP contribution in [0.3, 0.4) is 0 Å². The average molecular weight is 422 g/mol. The van der Waals surface area contributed by atoms with Crippen LogP contribution in [0.15, 0.2) is 96.1 Å². The number of imidazole rings is 1. The van der Waals surface area contributed by atoms with E-state index in [2.05, 4.69) is 5.10 Å². The van der Waals surface area contributed by atoms with Crippen molar-refractivity contribution >= 4 is 24.0 Å². The number of aromatic nitrogens is 2. The second kappa shape index (κ2) is 9.22. The van der Waals surface area contributed by atoms with Crippen molar-refractivity contribution in [3.63, 3.8) is 0 Å². The third-order valence-corrected chi connectivity index (χ3v) is 4.88. The maximum atomic E-state index is 12.4. The van der Waals surface area contributed by atoms with Gasteiger partial charge in [-0.3, -0.25) is 9.59 Å². The Morgan fingerprint density at radius 1 is 0.781 bits per heavy atom. The van der Waals surface area contributed by atoms with Crippen LogP contribution in [0.4, 0.5) is 5.95 Å². The molecule has 32 heavy (non-hydrogen) atoms. The molecule has 0 radical (unpaired) electrons.